The zero-order valence-electron chi connectivity index (χ0n) is 16.8. The normalized spacial score (nSPS) is 55.0. The van der Waals surface area contributed by atoms with E-state index < -0.39 is 0 Å². The van der Waals surface area contributed by atoms with Crippen LogP contribution in [0.4, 0.5) is 0 Å². The molecule has 0 aromatic heterocycles. The van der Waals surface area contributed by atoms with Crippen LogP contribution in [0.3, 0.4) is 0 Å². The van der Waals surface area contributed by atoms with E-state index in [1.807, 2.05) is 0 Å². The van der Waals surface area contributed by atoms with Crippen molar-refractivity contribution in [2.75, 3.05) is 0 Å². The lowest BCUT2D eigenvalue weighted by Crippen LogP contribution is -2.50. The van der Waals surface area contributed by atoms with Crippen molar-refractivity contribution in [1.82, 2.24) is 0 Å². The standard InChI is InChI=1S/C24H36N2/c1-15(23-9-17-3-18(10-23)5-19(4-17)11-23)25-26-16(2)24-12-20-6-21(13-24)8-22(7-20)14-24/h17-22H,3-14H2,1-2H3/b25-15-,26-16-. The molecule has 2 heteroatoms. The van der Waals surface area contributed by atoms with Gasteiger partial charge in [0, 0.05) is 22.3 Å². The molecule has 8 rings (SSSR count). The Bertz CT molecular complexity index is 541. The number of hydrogen-bond acceptors (Lipinski definition) is 2. The minimum atomic E-state index is 0.431. The molecule has 0 radical (unpaired) electrons. The highest BCUT2D eigenvalue weighted by Gasteiger charge is 2.53. The van der Waals surface area contributed by atoms with Crippen molar-refractivity contribution in [3.8, 4) is 0 Å². The second kappa shape index (κ2) is 5.45. The van der Waals surface area contributed by atoms with Gasteiger partial charge in [-0.15, -0.1) is 0 Å². The molecule has 8 bridgehead atoms. The molecule has 0 heterocycles. The van der Waals surface area contributed by atoms with Crippen LogP contribution in [0.25, 0.3) is 0 Å². The van der Waals surface area contributed by atoms with Gasteiger partial charge in [0.05, 0.1) is 0 Å². The third-order valence-corrected chi connectivity index (χ3v) is 9.96. The molecule has 142 valence electrons. The van der Waals surface area contributed by atoms with E-state index in [1.54, 1.807) is 0 Å². The molecule has 0 atom stereocenters. The summed E-state index contributed by atoms with van der Waals surface area (Å²) in [4.78, 5) is 0. The monoisotopic (exact) mass is 352 g/mol. The van der Waals surface area contributed by atoms with Crippen LogP contribution in [0.15, 0.2) is 10.2 Å². The fourth-order valence-corrected chi connectivity index (χ4v) is 9.47. The summed E-state index contributed by atoms with van der Waals surface area (Å²) in [6, 6.07) is 0. The molecule has 0 spiro atoms. The lowest BCUT2D eigenvalue weighted by atomic mass is 9.48. The minimum absolute atomic E-state index is 0.431. The van der Waals surface area contributed by atoms with Gasteiger partial charge in [-0.25, -0.2) is 0 Å². The molecule has 0 N–H and O–H groups in total. The van der Waals surface area contributed by atoms with E-state index in [-0.39, 0.29) is 0 Å². The third kappa shape index (κ3) is 2.35. The molecule has 0 aromatic rings. The number of hydrogen-bond donors (Lipinski definition) is 0. The van der Waals surface area contributed by atoms with Crippen molar-refractivity contribution in [2.45, 2.75) is 90.9 Å². The van der Waals surface area contributed by atoms with Crippen molar-refractivity contribution in [1.29, 1.82) is 0 Å². The highest BCUT2D eigenvalue weighted by molar-refractivity contribution is 5.92. The molecule has 0 aromatic carbocycles. The summed E-state index contributed by atoms with van der Waals surface area (Å²) < 4.78 is 0. The average molecular weight is 353 g/mol. The lowest BCUT2D eigenvalue weighted by molar-refractivity contribution is -0.0136. The van der Waals surface area contributed by atoms with Gasteiger partial charge in [0.15, 0.2) is 0 Å². The number of nitrogens with zero attached hydrogens (tertiary/aromatic N) is 2. The summed E-state index contributed by atoms with van der Waals surface area (Å²) in [6.07, 6.45) is 17.6. The Labute approximate surface area is 159 Å². The molecule has 26 heavy (non-hydrogen) atoms. The topological polar surface area (TPSA) is 24.7 Å². The Kier molecular flexibility index (Phi) is 3.42. The summed E-state index contributed by atoms with van der Waals surface area (Å²) in [7, 11) is 0. The highest BCUT2D eigenvalue weighted by atomic mass is 15.2. The van der Waals surface area contributed by atoms with Gasteiger partial charge >= 0.3 is 0 Å². The van der Waals surface area contributed by atoms with E-state index >= 15 is 0 Å². The van der Waals surface area contributed by atoms with Crippen LogP contribution >= 0.6 is 0 Å². The average Bonchev–Trinajstić information content (AvgIpc) is 2.57. The van der Waals surface area contributed by atoms with Gasteiger partial charge in [-0.05, 0) is 126 Å². The molecule has 8 aliphatic carbocycles. The minimum Gasteiger partial charge on any atom is -0.160 e. The predicted molar refractivity (Wildman–Crippen MR) is 107 cm³/mol. The van der Waals surface area contributed by atoms with E-state index in [1.165, 1.54) is 88.5 Å². The summed E-state index contributed by atoms with van der Waals surface area (Å²) in [5.41, 5.74) is 3.64. The molecule has 8 saturated carbocycles. The van der Waals surface area contributed by atoms with E-state index in [0.717, 1.165) is 35.5 Å². The maximum Gasteiger partial charge on any atom is 0.0436 e. The zero-order chi connectivity index (χ0) is 17.5. The van der Waals surface area contributed by atoms with Crippen LogP contribution in [0.5, 0.6) is 0 Å². The summed E-state index contributed by atoms with van der Waals surface area (Å²) >= 11 is 0. The molecule has 8 fully saturated rings. The van der Waals surface area contributed by atoms with Gasteiger partial charge in [-0.3, -0.25) is 0 Å². The number of rotatable bonds is 3. The highest BCUT2D eigenvalue weighted by Crippen LogP contribution is 2.62. The Morgan fingerprint density at radius 1 is 0.500 bits per heavy atom. The Hall–Kier alpha value is -0.660. The smallest absolute Gasteiger partial charge is 0.0436 e. The first-order valence-corrected chi connectivity index (χ1v) is 11.6. The Morgan fingerprint density at radius 3 is 0.962 bits per heavy atom. The molecular weight excluding hydrogens is 316 g/mol. The van der Waals surface area contributed by atoms with Crippen LogP contribution in [0.1, 0.15) is 90.9 Å². The van der Waals surface area contributed by atoms with Gasteiger partial charge in [-0.1, -0.05) is 0 Å². The molecule has 0 aliphatic heterocycles. The molecule has 0 unspecified atom stereocenters. The lowest BCUT2D eigenvalue weighted by Gasteiger charge is -2.57. The van der Waals surface area contributed by atoms with Crippen molar-refractivity contribution in [3.63, 3.8) is 0 Å². The maximum absolute atomic E-state index is 4.98. The van der Waals surface area contributed by atoms with Crippen LogP contribution in [0.2, 0.25) is 0 Å². The van der Waals surface area contributed by atoms with E-state index in [9.17, 15) is 0 Å². The van der Waals surface area contributed by atoms with Crippen LogP contribution < -0.4 is 0 Å². The first-order valence-electron chi connectivity index (χ1n) is 11.6. The summed E-state index contributed by atoms with van der Waals surface area (Å²) in [5, 5.41) is 9.95. The molecular formula is C24H36N2. The fourth-order valence-electron chi connectivity index (χ4n) is 9.47. The molecule has 0 amide bonds. The van der Waals surface area contributed by atoms with Crippen molar-refractivity contribution < 1.29 is 0 Å². The molecule has 0 saturated heterocycles. The van der Waals surface area contributed by atoms with E-state index in [0.29, 0.717) is 10.8 Å². The largest absolute Gasteiger partial charge is 0.160 e. The van der Waals surface area contributed by atoms with Gasteiger partial charge in [-0.2, -0.15) is 10.2 Å². The van der Waals surface area contributed by atoms with Gasteiger partial charge in [0.2, 0.25) is 0 Å². The van der Waals surface area contributed by atoms with E-state index in [4.69, 9.17) is 10.2 Å². The van der Waals surface area contributed by atoms with Gasteiger partial charge in [0.1, 0.15) is 0 Å². The fraction of sp³-hybridized carbons (Fsp3) is 0.917. The summed E-state index contributed by atoms with van der Waals surface area (Å²) in [6.45, 7) is 4.65. The van der Waals surface area contributed by atoms with Crippen LogP contribution in [-0.2, 0) is 0 Å². The second-order valence-corrected chi connectivity index (χ2v) is 11.8. The summed E-state index contributed by atoms with van der Waals surface area (Å²) in [5.74, 6) is 6.00. The van der Waals surface area contributed by atoms with Crippen molar-refractivity contribution in [2.24, 2.45) is 56.5 Å². The van der Waals surface area contributed by atoms with Gasteiger partial charge < -0.3 is 0 Å². The quantitative estimate of drug-likeness (QED) is 0.423. The Balaban J connectivity index is 1.26. The van der Waals surface area contributed by atoms with Crippen molar-refractivity contribution in [3.05, 3.63) is 0 Å². The zero-order valence-corrected chi connectivity index (χ0v) is 16.8. The van der Waals surface area contributed by atoms with Crippen LogP contribution in [-0.4, -0.2) is 11.4 Å². The van der Waals surface area contributed by atoms with Crippen LogP contribution in [0, 0.1) is 46.3 Å². The molecule has 8 aliphatic rings. The SMILES string of the molecule is C/C(=N/N=C(/C)C12CC3CC(CC(C3)C1)C2)C12CC3CC(CC(C3)C1)C2. The third-order valence-electron chi connectivity index (χ3n) is 9.96. The first kappa shape index (κ1) is 16.3. The first-order chi connectivity index (χ1) is 12.5. The van der Waals surface area contributed by atoms with Gasteiger partial charge in [0.25, 0.3) is 0 Å². The van der Waals surface area contributed by atoms with E-state index in [2.05, 4.69) is 13.8 Å². The van der Waals surface area contributed by atoms with Crippen molar-refractivity contribution >= 4 is 11.4 Å². The maximum atomic E-state index is 4.98. The Morgan fingerprint density at radius 2 is 0.731 bits per heavy atom. The molecule has 2 nitrogen and oxygen atoms in total. The second-order valence-electron chi connectivity index (χ2n) is 11.8. The predicted octanol–water partition coefficient (Wildman–Crippen LogP) is 6.26.